The number of rotatable bonds is 5. The quantitative estimate of drug-likeness (QED) is 0.374. The van der Waals surface area contributed by atoms with Crippen molar-refractivity contribution >= 4 is 5.71 Å². The molecule has 1 radical (unpaired) electrons. The molecule has 0 aliphatic heterocycles. The molecule has 6 nitrogen and oxygen atoms in total. The molecule has 31 heavy (non-hydrogen) atoms. The van der Waals surface area contributed by atoms with E-state index in [0.29, 0.717) is 6.61 Å². The van der Waals surface area contributed by atoms with E-state index in [1.807, 2.05) is 53.3 Å². The second-order valence-corrected chi connectivity index (χ2v) is 7.33. The van der Waals surface area contributed by atoms with Gasteiger partial charge in [0.2, 0.25) is 0 Å². The fraction of sp³-hybridized carbons (Fsp3) is 0.120. The van der Waals surface area contributed by atoms with Crippen LogP contribution in [0.25, 0.3) is 28.1 Å². The molecule has 6 heteroatoms. The summed E-state index contributed by atoms with van der Waals surface area (Å²) in [6, 6.07) is 18.0. The molecule has 0 saturated heterocycles. The van der Waals surface area contributed by atoms with Gasteiger partial charge in [-0.15, -0.1) is 0 Å². The van der Waals surface area contributed by atoms with Gasteiger partial charge in [-0.05, 0) is 67.3 Å². The van der Waals surface area contributed by atoms with Crippen LogP contribution in [0.3, 0.4) is 0 Å². The zero-order valence-corrected chi connectivity index (χ0v) is 16.9. The van der Waals surface area contributed by atoms with E-state index in [-0.39, 0.29) is 0 Å². The van der Waals surface area contributed by atoms with E-state index in [2.05, 4.69) is 29.2 Å². The van der Waals surface area contributed by atoms with Crippen LogP contribution in [-0.4, -0.2) is 32.3 Å². The van der Waals surface area contributed by atoms with Crippen molar-refractivity contribution < 1.29 is 9.94 Å². The Morgan fingerprint density at radius 1 is 0.968 bits per heavy atom. The lowest BCUT2D eigenvalue weighted by molar-refractivity contribution is 0.318. The largest absolute Gasteiger partial charge is 0.494 e. The van der Waals surface area contributed by atoms with Crippen molar-refractivity contribution in [3.8, 4) is 33.8 Å². The molecule has 0 unspecified atom stereocenters. The minimum absolute atomic E-state index is 0.387. The summed E-state index contributed by atoms with van der Waals surface area (Å²) in [5.41, 5.74) is 7.88. The van der Waals surface area contributed by atoms with Crippen molar-refractivity contribution in [3.05, 3.63) is 91.2 Å². The van der Waals surface area contributed by atoms with Crippen LogP contribution in [-0.2, 0) is 6.42 Å². The first kappa shape index (κ1) is 19.1. The maximum atomic E-state index is 9.23. The first-order chi connectivity index (χ1) is 15.3. The Balaban J connectivity index is 1.61. The molecule has 0 amide bonds. The molecule has 0 bridgehead atoms. The number of hydrogen-bond acceptors (Lipinski definition) is 5. The van der Waals surface area contributed by atoms with Gasteiger partial charge in [0.05, 0.1) is 18.0 Å². The van der Waals surface area contributed by atoms with Gasteiger partial charge in [-0.25, -0.2) is 4.68 Å². The molecule has 0 saturated carbocycles. The van der Waals surface area contributed by atoms with Gasteiger partial charge in [0.25, 0.3) is 0 Å². The number of benzene rings is 2. The highest BCUT2D eigenvalue weighted by atomic mass is 16.5. The number of fused-ring (bicyclic) bond motifs is 1. The maximum Gasteiger partial charge on any atom is 0.119 e. The normalized spacial score (nSPS) is 14.0. The zero-order valence-electron chi connectivity index (χ0n) is 16.9. The van der Waals surface area contributed by atoms with Crippen molar-refractivity contribution in [2.75, 3.05) is 6.61 Å². The van der Waals surface area contributed by atoms with Gasteiger partial charge in [0, 0.05) is 35.3 Å². The first-order valence-corrected chi connectivity index (χ1v) is 10.1. The van der Waals surface area contributed by atoms with Crippen molar-refractivity contribution in [2.45, 2.75) is 12.8 Å². The van der Waals surface area contributed by atoms with Crippen molar-refractivity contribution in [3.63, 3.8) is 0 Å². The highest BCUT2D eigenvalue weighted by molar-refractivity contribution is 6.04. The molecule has 2 aromatic carbocycles. The molecule has 153 valence electrons. The van der Waals surface area contributed by atoms with E-state index >= 15 is 0 Å². The van der Waals surface area contributed by atoms with Crippen molar-refractivity contribution in [1.29, 1.82) is 0 Å². The van der Waals surface area contributed by atoms with E-state index in [1.165, 1.54) is 5.56 Å². The monoisotopic (exact) mass is 409 g/mol. The van der Waals surface area contributed by atoms with E-state index in [4.69, 9.17) is 9.84 Å². The summed E-state index contributed by atoms with van der Waals surface area (Å²) < 4.78 is 7.33. The minimum atomic E-state index is 0.387. The Morgan fingerprint density at radius 3 is 2.52 bits per heavy atom. The van der Waals surface area contributed by atoms with E-state index in [9.17, 15) is 5.21 Å². The summed E-state index contributed by atoms with van der Waals surface area (Å²) in [6.07, 6.45) is 7.22. The summed E-state index contributed by atoms with van der Waals surface area (Å²) in [5, 5.41) is 17.6. The molecule has 1 aliphatic rings. The smallest absolute Gasteiger partial charge is 0.119 e. The summed E-state index contributed by atoms with van der Waals surface area (Å²) in [7, 11) is 0. The molecule has 0 fully saturated rings. The molecular formula is C25H21N4O2. The van der Waals surface area contributed by atoms with Crippen LogP contribution in [0.5, 0.6) is 5.75 Å². The highest BCUT2D eigenvalue weighted by Crippen LogP contribution is 2.35. The van der Waals surface area contributed by atoms with Gasteiger partial charge in [0.15, 0.2) is 0 Å². The number of aromatic nitrogens is 3. The second kappa shape index (κ2) is 8.07. The average Bonchev–Trinajstić information content (AvgIpc) is 3.44. The van der Waals surface area contributed by atoms with E-state index in [0.717, 1.165) is 57.9 Å². The van der Waals surface area contributed by atoms with Crippen LogP contribution in [0, 0.1) is 6.92 Å². The van der Waals surface area contributed by atoms with Crippen LogP contribution in [0.2, 0.25) is 0 Å². The molecule has 1 N–H and O–H groups in total. The van der Waals surface area contributed by atoms with Crippen LogP contribution in [0.4, 0.5) is 0 Å². The number of ether oxygens (including phenoxy) is 1. The molecule has 4 aromatic rings. The summed E-state index contributed by atoms with van der Waals surface area (Å²) in [6.45, 7) is 4.10. The summed E-state index contributed by atoms with van der Waals surface area (Å²) >= 11 is 0. The van der Waals surface area contributed by atoms with Gasteiger partial charge in [0.1, 0.15) is 11.4 Å². The minimum Gasteiger partial charge on any atom is -0.494 e. The molecule has 1 aliphatic carbocycles. The maximum absolute atomic E-state index is 9.23. The zero-order chi connectivity index (χ0) is 21.2. The summed E-state index contributed by atoms with van der Waals surface area (Å²) in [5.74, 6) is 0.778. The Bertz CT molecular complexity index is 1240. The third kappa shape index (κ3) is 3.57. The van der Waals surface area contributed by atoms with Crippen molar-refractivity contribution in [2.24, 2.45) is 5.16 Å². The Hall–Kier alpha value is -3.93. The molecular weight excluding hydrogens is 388 g/mol. The lowest BCUT2D eigenvalue weighted by Crippen LogP contribution is -1.96. The van der Waals surface area contributed by atoms with E-state index in [1.54, 1.807) is 12.4 Å². The third-order valence-electron chi connectivity index (χ3n) is 5.52. The number of pyridine rings is 1. The number of oxime groups is 1. The van der Waals surface area contributed by atoms with Gasteiger partial charge in [-0.3, -0.25) is 4.98 Å². The third-order valence-corrected chi connectivity index (χ3v) is 5.52. The predicted molar refractivity (Wildman–Crippen MR) is 120 cm³/mol. The Labute approximate surface area is 180 Å². The highest BCUT2D eigenvalue weighted by Gasteiger charge is 2.21. The molecule has 0 atom stereocenters. The molecule has 5 rings (SSSR count). The molecule has 2 aromatic heterocycles. The lowest BCUT2D eigenvalue weighted by atomic mass is 9.98. The molecule has 0 spiro atoms. The van der Waals surface area contributed by atoms with Gasteiger partial charge >= 0.3 is 0 Å². The molecule has 2 heterocycles. The predicted octanol–water partition coefficient (Wildman–Crippen LogP) is 4.94. The van der Waals surface area contributed by atoms with Crippen molar-refractivity contribution in [1.82, 2.24) is 14.8 Å². The van der Waals surface area contributed by atoms with E-state index < -0.39 is 0 Å². The van der Waals surface area contributed by atoms with Crippen LogP contribution >= 0.6 is 0 Å². The Kier molecular flexibility index (Phi) is 4.96. The van der Waals surface area contributed by atoms with Gasteiger partial charge in [-0.2, -0.15) is 5.10 Å². The second-order valence-electron chi connectivity index (χ2n) is 7.33. The van der Waals surface area contributed by atoms with Gasteiger partial charge in [-0.1, -0.05) is 23.4 Å². The topological polar surface area (TPSA) is 72.5 Å². The first-order valence-electron chi connectivity index (χ1n) is 10.1. The average molecular weight is 409 g/mol. The number of hydrogen-bond donors (Lipinski definition) is 1. The fourth-order valence-electron chi connectivity index (χ4n) is 3.99. The van der Waals surface area contributed by atoms with Crippen LogP contribution in [0.15, 0.2) is 78.3 Å². The lowest BCUT2D eigenvalue weighted by Gasteiger charge is -2.06. The number of nitrogens with zero attached hydrogens (tertiary/aromatic N) is 4. The van der Waals surface area contributed by atoms with Crippen LogP contribution in [0.1, 0.15) is 17.5 Å². The fourth-order valence-corrected chi connectivity index (χ4v) is 3.99. The Morgan fingerprint density at radius 2 is 1.77 bits per heavy atom. The standard InChI is InChI=1S/C25H21N4O2/c1-2-31-21-7-5-20(6-8-21)29-16-23(25(27-29)17-11-13-26-14-12-17)19-3-9-22-18(15-19)4-10-24(22)28-30/h3,5-9,11-16,30H,1-2,4,10H2. The van der Waals surface area contributed by atoms with Gasteiger partial charge < -0.3 is 9.94 Å². The number of aryl methyl sites for hydroxylation is 1. The van der Waals surface area contributed by atoms with Crippen LogP contribution < -0.4 is 4.74 Å². The SMILES string of the molecule is [CH2]COc1ccc(-n2cc(-c3ccc4c(c3)CCC4=NO)c(-c3ccncc3)n2)cc1. The summed E-state index contributed by atoms with van der Waals surface area (Å²) in [4.78, 5) is 4.14.